The van der Waals surface area contributed by atoms with Gasteiger partial charge in [0.15, 0.2) is 17.5 Å². The Morgan fingerprint density at radius 1 is 1.12 bits per heavy atom. The number of fused-ring (bicyclic) bond motifs is 1. The summed E-state index contributed by atoms with van der Waals surface area (Å²) < 4.78 is 20.8. The summed E-state index contributed by atoms with van der Waals surface area (Å²) in [7, 11) is 1.46. The summed E-state index contributed by atoms with van der Waals surface area (Å²) >= 11 is 0. The summed E-state index contributed by atoms with van der Waals surface area (Å²) in [5, 5.41) is 4.33. The molecule has 0 aliphatic carbocycles. The van der Waals surface area contributed by atoms with Gasteiger partial charge in [-0.25, -0.2) is 28.7 Å². The molecule has 4 rings (SSSR count). The van der Waals surface area contributed by atoms with E-state index >= 15 is 0 Å². The highest BCUT2D eigenvalue weighted by Gasteiger charge is 2.23. The predicted molar refractivity (Wildman–Crippen MR) is 117 cm³/mol. The van der Waals surface area contributed by atoms with Crippen molar-refractivity contribution in [1.82, 2.24) is 24.6 Å². The largest absolute Gasteiger partial charge is 0.449 e. The summed E-state index contributed by atoms with van der Waals surface area (Å²) in [6, 6.07) is 9.98. The Morgan fingerprint density at radius 2 is 1.84 bits per heavy atom. The van der Waals surface area contributed by atoms with Gasteiger partial charge in [0.1, 0.15) is 23.0 Å². The molecule has 0 saturated carbocycles. The number of benzene rings is 1. The zero-order chi connectivity index (χ0) is 22.8. The molecular formula is C21H21FN8O2. The van der Waals surface area contributed by atoms with Crippen LogP contribution in [0.5, 0.6) is 0 Å². The van der Waals surface area contributed by atoms with Crippen molar-refractivity contribution in [3.63, 3.8) is 0 Å². The van der Waals surface area contributed by atoms with E-state index in [9.17, 15) is 9.18 Å². The number of halogens is 1. The number of carbonyl (C=O) groups excluding carboxylic acids is 1. The highest BCUT2D eigenvalue weighted by atomic mass is 19.1. The van der Waals surface area contributed by atoms with Crippen molar-refractivity contribution < 1.29 is 13.9 Å². The van der Waals surface area contributed by atoms with E-state index in [1.165, 1.54) is 13.1 Å². The number of imidazole rings is 1. The molecule has 0 fully saturated rings. The minimum absolute atomic E-state index is 0.0104. The normalized spacial score (nSPS) is 11.0. The van der Waals surface area contributed by atoms with E-state index in [0.717, 1.165) is 4.90 Å². The topological polar surface area (TPSA) is 138 Å². The molecular weight excluding hydrogens is 415 g/mol. The number of ether oxygens (including phenoxy) is 1. The molecule has 3 heterocycles. The van der Waals surface area contributed by atoms with Crippen LogP contribution < -0.4 is 16.4 Å². The van der Waals surface area contributed by atoms with Gasteiger partial charge in [0, 0.05) is 19.7 Å². The van der Waals surface area contributed by atoms with E-state index in [1.54, 1.807) is 48.0 Å². The molecule has 10 nitrogen and oxygen atoms in total. The third kappa shape index (κ3) is 3.75. The quantitative estimate of drug-likeness (QED) is 0.487. The number of nitrogen functional groups attached to an aromatic ring is 2. The molecule has 0 saturated heterocycles. The van der Waals surface area contributed by atoms with Gasteiger partial charge in [-0.3, -0.25) is 4.90 Å². The second-order valence-corrected chi connectivity index (χ2v) is 6.89. The van der Waals surface area contributed by atoms with Crippen LogP contribution >= 0.6 is 0 Å². The van der Waals surface area contributed by atoms with E-state index < -0.39 is 6.09 Å². The highest BCUT2D eigenvalue weighted by molar-refractivity contribution is 5.95. The number of anilines is 3. The third-order valence-electron chi connectivity index (χ3n) is 4.81. The zero-order valence-electron chi connectivity index (χ0n) is 17.5. The number of nitrogens with two attached hydrogens (primary N) is 2. The van der Waals surface area contributed by atoms with Crippen LogP contribution in [0.1, 0.15) is 18.3 Å². The van der Waals surface area contributed by atoms with Gasteiger partial charge in [0.05, 0.1) is 12.1 Å². The van der Waals surface area contributed by atoms with Crippen molar-refractivity contribution in [2.45, 2.75) is 13.3 Å². The molecule has 4 N–H and O–H groups in total. The maximum Gasteiger partial charge on any atom is 0.414 e. The summed E-state index contributed by atoms with van der Waals surface area (Å²) in [5.41, 5.74) is 13.8. The number of hydrogen-bond acceptors (Lipinski definition) is 8. The Kier molecular flexibility index (Phi) is 5.54. The summed E-state index contributed by atoms with van der Waals surface area (Å²) in [6.07, 6.45) is 1.18. The molecule has 0 atom stereocenters. The molecule has 1 aromatic carbocycles. The minimum atomic E-state index is -0.633. The molecule has 32 heavy (non-hydrogen) atoms. The first-order chi connectivity index (χ1) is 15.4. The molecule has 11 heteroatoms. The van der Waals surface area contributed by atoms with Gasteiger partial charge in [-0.1, -0.05) is 18.2 Å². The van der Waals surface area contributed by atoms with Crippen LogP contribution in [-0.4, -0.2) is 44.3 Å². The second-order valence-electron chi connectivity index (χ2n) is 6.89. The van der Waals surface area contributed by atoms with Crippen LogP contribution in [-0.2, 0) is 11.2 Å². The lowest BCUT2D eigenvalue weighted by atomic mass is 10.1. The van der Waals surface area contributed by atoms with Gasteiger partial charge in [-0.05, 0) is 30.7 Å². The molecule has 0 bridgehead atoms. The van der Waals surface area contributed by atoms with Crippen molar-refractivity contribution in [3.05, 3.63) is 59.8 Å². The molecule has 4 aromatic rings. The molecule has 164 valence electrons. The minimum Gasteiger partial charge on any atom is -0.449 e. The first-order valence-corrected chi connectivity index (χ1v) is 9.80. The molecule has 0 aliphatic rings. The van der Waals surface area contributed by atoms with Gasteiger partial charge in [0.2, 0.25) is 0 Å². The Morgan fingerprint density at radius 3 is 2.53 bits per heavy atom. The first kappa shape index (κ1) is 21.0. The standard InChI is InChI=1S/C21H21FN8O2/c1-3-32-21(31)29(2)17-18(23)27-20(28-19(17)24)16-14-9-6-10-25-30(14)15(26-16)11-12-7-4-5-8-13(12)22/h4-10H,3,11H2,1-2H3,(H4,23,24,27,28). The van der Waals surface area contributed by atoms with Crippen LogP contribution in [0.3, 0.4) is 0 Å². The molecule has 0 radical (unpaired) electrons. The molecule has 1 amide bonds. The number of rotatable bonds is 5. The van der Waals surface area contributed by atoms with Crippen LogP contribution in [0.4, 0.5) is 26.5 Å². The van der Waals surface area contributed by atoms with Crippen LogP contribution in [0.25, 0.3) is 17.0 Å². The number of carbonyl (C=O) groups is 1. The first-order valence-electron chi connectivity index (χ1n) is 9.80. The van der Waals surface area contributed by atoms with Crippen LogP contribution in [0.15, 0.2) is 42.6 Å². The Labute approximate surface area is 182 Å². The van der Waals surface area contributed by atoms with Crippen molar-refractivity contribution in [1.29, 1.82) is 0 Å². The molecule has 3 aromatic heterocycles. The molecule has 0 aliphatic heterocycles. The maximum atomic E-state index is 14.2. The van der Waals surface area contributed by atoms with Gasteiger partial charge in [-0.15, -0.1) is 0 Å². The van der Waals surface area contributed by atoms with Crippen LogP contribution in [0.2, 0.25) is 0 Å². The predicted octanol–water partition coefficient (Wildman–Crippen LogP) is 2.67. The van der Waals surface area contributed by atoms with Gasteiger partial charge >= 0.3 is 6.09 Å². The number of nitrogens with zero attached hydrogens (tertiary/aromatic N) is 6. The molecule has 0 unspecified atom stereocenters. The summed E-state index contributed by atoms with van der Waals surface area (Å²) in [6.45, 7) is 1.88. The van der Waals surface area contributed by atoms with E-state index in [1.807, 2.05) is 0 Å². The average molecular weight is 436 g/mol. The Hall–Kier alpha value is -4.28. The van der Waals surface area contributed by atoms with Crippen molar-refractivity contribution >= 4 is 28.9 Å². The monoisotopic (exact) mass is 436 g/mol. The van der Waals surface area contributed by atoms with Crippen molar-refractivity contribution in [2.75, 3.05) is 30.0 Å². The zero-order valence-corrected chi connectivity index (χ0v) is 17.5. The Balaban J connectivity index is 1.79. The highest BCUT2D eigenvalue weighted by Crippen LogP contribution is 2.31. The number of hydrogen-bond donors (Lipinski definition) is 2. The fourth-order valence-electron chi connectivity index (χ4n) is 3.33. The van der Waals surface area contributed by atoms with Crippen molar-refractivity contribution in [2.24, 2.45) is 0 Å². The Bertz CT molecular complexity index is 1280. The molecule has 0 spiro atoms. The average Bonchev–Trinajstić information content (AvgIpc) is 3.13. The van der Waals surface area contributed by atoms with E-state index in [0.29, 0.717) is 22.6 Å². The van der Waals surface area contributed by atoms with Crippen molar-refractivity contribution in [3.8, 4) is 11.5 Å². The lowest BCUT2D eigenvalue weighted by Gasteiger charge is -2.19. The smallest absolute Gasteiger partial charge is 0.414 e. The summed E-state index contributed by atoms with van der Waals surface area (Å²) in [5.74, 6) is 0.297. The lowest BCUT2D eigenvalue weighted by Crippen LogP contribution is -2.29. The SMILES string of the molecule is CCOC(=O)N(C)c1c(N)nc(-c2nc(Cc3ccccc3F)n3ncccc23)nc1N. The third-order valence-corrected chi connectivity index (χ3v) is 4.81. The maximum absolute atomic E-state index is 14.2. The number of amides is 1. The van der Waals surface area contributed by atoms with Gasteiger partial charge in [0.25, 0.3) is 0 Å². The van der Waals surface area contributed by atoms with Crippen LogP contribution in [0, 0.1) is 5.82 Å². The second kappa shape index (κ2) is 8.46. The van der Waals surface area contributed by atoms with E-state index in [4.69, 9.17) is 16.2 Å². The fourth-order valence-corrected chi connectivity index (χ4v) is 3.33. The van der Waals surface area contributed by atoms with Gasteiger partial charge in [-0.2, -0.15) is 5.10 Å². The van der Waals surface area contributed by atoms with Gasteiger partial charge < -0.3 is 16.2 Å². The van der Waals surface area contributed by atoms with E-state index in [-0.39, 0.29) is 42.0 Å². The van der Waals surface area contributed by atoms with E-state index in [2.05, 4.69) is 20.1 Å². The lowest BCUT2D eigenvalue weighted by molar-refractivity contribution is 0.161. The number of aromatic nitrogens is 5. The summed E-state index contributed by atoms with van der Waals surface area (Å²) in [4.78, 5) is 26.5. The fraction of sp³-hybridized carbons (Fsp3) is 0.190.